The van der Waals surface area contributed by atoms with Gasteiger partial charge in [0.15, 0.2) is 0 Å². The van der Waals surface area contributed by atoms with E-state index in [-0.39, 0.29) is 0 Å². The monoisotopic (exact) mass is 278 g/mol. The average molecular weight is 278 g/mol. The molecule has 1 unspecified atom stereocenters. The Labute approximate surface area is 106 Å². The second-order valence-corrected chi connectivity index (χ2v) is 3.57. The number of esters is 1. The number of hydrogen-bond acceptors (Lipinski definition) is 3. The van der Waals surface area contributed by atoms with Crippen molar-refractivity contribution in [1.29, 1.82) is 0 Å². The maximum Gasteiger partial charge on any atom is 0.441 e. The first-order valence-corrected chi connectivity index (χ1v) is 5.27. The molecule has 1 aromatic carbocycles. The van der Waals surface area contributed by atoms with Crippen LogP contribution in [0.5, 0.6) is 0 Å². The minimum Gasteiger partial charge on any atom is -0.463 e. The molecule has 0 aromatic heterocycles. The van der Waals surface area contributed by atoms with Crippen LogP contribution in [0.2, 0.25) is 0 Å². The molecule has 7 heteroatoms. The molecule has 0 bridgehead atoms. The van der Waals surface area contributed by atoms with Crippen molar-refractivity contribution in [3.63, 3.8) is 0 Å². The molecule has 0 radical (unpaired) electrons. The van der Waals surface area contributed by atoms with Crippen molar-refractivity contribution >= 4 is 11.8 Å². The largest absolute Gasteiger partial charge is 0.463 e. The van der Waals surface area contributed by atoms with E-state index < -0.39 is 35.8 Å². The van der Waals surface area contributed by atoms with Gasteiger partial charge in [-0.05, 0) is 6.92 Å². The number of rotatable bonds is 4. The molecule has 1 rings (SSSR count). The summed E-state index contributed by atoms with van der Waals surface area (Å²) >= 11 is 0. The number of ketones is 1. The molecule has 1 atom stereocenters. The Morgan fingerprint density at radius 2 is 1.63 bits per heavy atom. The summed E-state index contributed by atoms with van der Waals surface area (Å²) in [5.74, 6) is -4.24. The predicted molar refractivity (Wildman–Crippen MR) is 57.3 cm³/mol. The Balaban J connectivity index is 3.26. The van der Waals surface area contributed by atoms with Crippen molar-refractivity contribution < 1.29 is 31.9 Å². The predicted octanol–water partition coefficient (Wildman–Crippen LogP) is 2.70. The van der Waals surface area contributed by atoms with Crippen molar-refractivity contribution in [2.75, 3.05) is 6.61 Å². The van der Waals surface area contributed by atoms with Crippen LogP contribution in [0.25, 0.3) is 0 Å². The summed E-state index contributed by atoms with van der Waals surface area (Å²) in [4.78, 5) is 22.8. The molecule has 0 heterocycles. The summed E-state index contributed by atoms with van der Waals surface area (Å²) in [5.41, 5.74) is -5.25. The lowest BCUT2D eigenvalue weighted by Crippen LogP contribution is -2.55. The second kappa shape index (κ2) is 5.38. The molecule has 104 valence electrons. The molecule has 0 aliphatic heterocycles. The van der Waals surface area contributed by atoms with Crippen molar-refractivity contribution in [1.82, 2.24) is 0 Å². The lowest BCUT2D eigenvalue weighted by Gasteiger charge is -2.24. The highest BCUT2D eigenvalue weighted by molar-refractivity contribution is 6.16. The number of halogens is 4. The van der Waals surface area contributed by atoms with Gasteiger partial charge in [0.25, 0.3) is 0 Å². The van der Waals surface area contributed by atoms with E-state index in [1.54, 1.807) is 0 Å². The number of alkyl halides is 4. The molecule has 0 spiro atoms. The quantitative estimate of drug-likeness (QED) is 0.368. The van der Waals surface area contributed by atoms with E-state index in [0.29, 0.717) is 0 Å². The number of benzene rings is 1. The third-order valence-electron chi connectivity index (χ3n) is 2.30. The lowest BCUT2D eigenvalue weighted by molar-refractivity contribution is -0.222. The first kappa shape index (κ1) is 15.1. The molecule has 19 heavy (non-hydrogen) atoms. The zero-order valence-corrected chi connectivity index (χ0v) is 9.83. The smallest absolute Gasteiger partial charge is 0.441 e. The molecule has 0 N–H and O–H groups in total. The summed E-state index contributed by atoms with van der Waals surface area (Å²) in [5, 5.41) is 0. The van der Waals surface area contributed by atoms with E-state index in [1.807, 2.05) is 0 Å². The minimum absolute atomic E-state index is 0.470. The van der Waals surface area contributed by atoms with Crippen LogP contribution in [0.1, 0.15) is 17.3 Å². The standard InChI is InChI=1S/C12H10F4O3/c1-2-19-10(18)11(13,12(14,15)16)9(17)8-6-4-3-5-7-8/h3-7H,2H2,1H3. The van der Waals surface area contributed by atoms with Gasteiger partial charge < -0.3 is 4.74 Å². The van der Waals surface area contributed by atoms with Crippen LogP contribution >= 0.6 is 0 Å². The van der Waals surface area contributed by atoms with Crippen LogP contribution < -0.4 is 0 Å². The van der Waals surface area contributed by atoms with Crippen LogP contribution in [0.3, 0.4) is 0 Å². The zero-order valence-electron chi connectivity index (χ0n) is 9.83. The van der Waals surface area contributed by atoms with Gasteiger partial charge in [0.1, 0.15) is 0 Å². The molecule has 0 fully saturated rings. The second-order valence-electron chi connectivity index (χ2n) is 3.57. The molecule has 0 saturated carbocycles. The van der Waals surface area contributed by atoms with Gasteiger partial charge in [0.05, 0.1) is 6.61 Å². The van der Waals surface area contributed by atoms with Crippen molar-refractivity contribution in [3.05, 3.63) is 35.9 Å². The third-order valence-corrected chi connectivity index (χ3v) is 2.30. The molecule has 0 saturated heterocycles. The molecule has 0 aliphatic rings. The van der Waals surface area contributed by atoms with E-state index in [2.05, 4.69) is 4.74 Å². The SMILES string of the molecule is CCOC(=O)C(F)(C(=O)c1ccccc1)C(F)(F)F. The highest BCUT2D eigenvalue weighted by Crippen LogP contribution is 2.38. The maximum atomic E-state index is 14.0. The highest BCUT2D eigenvalue weighted by Gasteiger charge is 2.68. The van der Waals surface area contributed by atoms with E-state index >= 15 is 0 Å². The minimum atomic E-state index is -5.69. The number of ether oxygens (including phenoxy) is 1. The fourth-order valence-corrected chi connectivity index (χ4v) is 1.36. The van der Waals surface area contributed by atoms with Gasteiger partial charge in [-0.3, -0.25) is 4.79 Å². The van der Waals surface area contributed by atoms with Crippen LogP contribution in [-0.2, 0) is 9.53 Å². The van der Waals surface area contributed by atoms with Gasteiger partial charge in [-0.25, -0.2) is 9.18 Å². The molecule has 0 amide bonds. The molecular weight excluding hydrogens is 268 g/mol. The van der Waals surface area contributed by atoms with Crippen molar-refractivity contribution in [2.24, 2.45) is 0 Å². The van der Waals surface area contributed by atoms with Gasteiger partial charge in [0.2, 0.25) is 5.78 Å². The lowest BCUT2D eigenvalue weighted by atomic mass is 9.94. The van der Waals surface area contributed by atoms with Crippen LogP contribution in [0.15, 0.2) is 30.3 Å². The average Bonchev–Trinajstić information content (AvgIpc) is 2.36. The van der Waals surface area contributed by atoms with E-state index in [4.69, 9.17) is 0 Å². The number of carbonyl (C=O) groups is 2. The fourth-order valence-electron chi connectivity index (χ4n) is 1.36. The summed E-state index contributed by atoms with van der Waals surface area (Å²) in [7, 11) is 0. The third kappa shape index (κ3) is 2.74. The highest BCUT2D eigenvalue weighted by atomic mass is 19.4. The summed E-state index contributed by atoms with van der Waals surface area (Å²) in [6, 6.07) is 5.93. The topological polar surface area (TPSA) is 43.4 Å². The Morgan fingerprint density at radius 1 is 1.11 bits per heavy atom. The zero-order chi connectivity index (χ0) is 14.7. The maximum absolute atomic E-state index is 14.0. The van der Waals surface area contributed by atoms with Crippen molar-refractivity contribution in [2.45, 2.75) is 18.8 Å². The number of Topliss-reactive ketones (excluding diaryl/α,β-unsaturated/α-hetero) is 1. The summed E-state index contributed by atoms with van der Waals surface area (Å²) in [6.07, 6.45) is -5.69. The van der Waals surface area contributed by atoms with E-state index in [0.717, 1.165) is 12.1 Å². The molecule has 1 aromatic rings. The van der Waals surface area contributed by atoms with Crippen LogP contribution in [0, 0.1) is 0 Å². The molecular formula is C12H10F4O3. The Kier molecular flexibility index (Phi) is 4.28. The first-order valence-electron chi connectivity index (χ1n) is 5.27. The van der Waals surface area contributed by atoms with Gasteiger partial charge in [0, 0.05) is 5.56 Å². The van der Waals surface area contributed by atoms with Gasteiger partial charge in [-0.15, -0.1) is 0 Å². The molecule has 3 nitrogen and oxygen atoms in total. The Bertz CT molecular complexity index is 470. The van der Waals surface area contributed by atoms with Gasteiger partial charge in [-0.2, -0.15) is 13.2 Å². The van der Waals surface area contributed by atoms with Crippen LogP contribution in [0.4, 0.5) is 17.6 Å². The molecule has 0 aliphatic carbocycles. The summed E-state index contributed by atoms with van der Waals surface area (Å²) in [6.45, 7) is 0.740. The van der Waals surface area contributed by atoms with Crippen LogP contribution in [-0.4, -0.2) is 30.2 Å². The fraction of sp³-hybridized carbons (Fsp3) is 0.333. The summed E-state index contributed by atoms with van der Waals surface area (Å²) < 4.78 is 56.2. The van der Waals surface area contributed by atoms with Gasteiger partial charge in [-0.1, -0.05) is 30.3 Å². The Morgan fingerprint density at radius 3 is 2.05 bits per heavy atom. The van der Waals surface area contributed by atoms with E-state index in [1.165, 1.54) is 25.1 Å². The van der Waals surface area contributed by atoms with Crippen molar-refractivity contribution in [3.8, 4) is 0 Å². The van der Waals surface area contributed by atoms with Gasteiger partial charge >= 0.3 is 17.8 Å². The Hall–Kier alpha value is -1.92. The number of hydrogen-bond donors (Lipinski definition) is 0. The normalized spacial score (nSPS) is 14.6. The van der Waals surface area contributed by atoms with E-state index in [9.17, 15) is 27.2 Å². The number of carbonyl (C=O) groups excluding carboxylic acids is 2. The first-order chi connectivity index (χ1) is 8.75.